The quantitative estimate of drug-likeness (QED) is 0.827. The molecular weight excluding hydrogens is 369 g/mol. The molecule has 0 atom stereocenters. The number of amides is 1. The topological polar surface area (TPSA) is 75.3 Å². The Labute approximate surface area is 149 Å². The zero-order valence-electron chi connectivity index (χ0n) is 14.0. The minimum Gasteiger partial charge on any atom is -0.343 e. The Bertz CT molecular complexity index is 925. The van der Waals surface area contributed by atoms with E-state index in [1.54, 1.807) is 36.5 Å². The van der Waals surface area contributed by atoms with Crippen molar-refractivity contribution in [1.82, 2.24) is 5.32 Å². The molecule has 0 radical (unpaired) electrons. The molecule has 0 saturated heterocycles. The van der Waals surface area contributed by atoms with Gasteiger partial charge in [0.05, 0.1) is 10.6 Å². The van der Waals surface area contributed by atoms with Gasteiger partial charge in [-0.1, -0.05) is 24.3 Å². The highest BCUT2D eigenvalue weighted by molar-refractivity contribution is 7.92. The van der Waals surface area contributed by atoms with Gasteiger partial charge in [0.25, 0.3) is 15.9 Å². The monoisotopic (exact) mass is 386 g/mol. The first-order valence-electron chi connectivity index (χ1n) is 7.54. The summed E-state index contributed by atoms with van der Waals surface area (Å²) in [5.41, 5.74) is 1.30. The third kappa shape index (κ3) is 4.98. The highest BCUT2D eigenvalue weighted by Gasteiger charge is 2.28. The number of alkyl halides is 3. The number of carbonyl (C=O) groups is 1. The van der Waals surface area contributed by atoms with Crippen LogP contribution >= 0.6 is 0 Å². The molecule has 2 aromatic carbocycles. The molecule has 0 fully saturated rings. The molecule has 0 aromatic heterocycles. The van der Waals surface area contributed by atoms with E-state index < -0.39 is 28.7 Å². The summed E-state index contributed by atoms with van der Waals surface area (Å²) in [4.78, 5) is 11.8. The predicted molar refractivity (Wildman–Crippen MR) is 91.6 cm³/mol. The molecule has 0 aliphatic rings. The minimum absolute atomic E-state index is 0.137. The van der Waals surface area contributed by atoms with Crippen LogP contribution in [0.1, 0.15) is 21.5 Å². The van der Waals surface area contributed by atoms with Crippen LogP contribution in [0.5, 0.6) is 0 Å². The number of hydrogen-bond donors (Lipinski definition) is 2. The van der Waals surface area contributed by atoms with Gasteiger partial charge in [-0.3, -0.25) is 9.52 Å². The van der Waals surface area contributed by atoms with Crippen LogP contribution in [0.2, 0.25) is 0 Å². The lowest BCUT2D eigenvalue weighted by molar-refractivity contribution is -0.123. The SMILES string of the molecule is Cc1ccccc1NS(=O)(=O)c1ccc(C)c(C(=O)NCC(F)(F)F)c1. The summed E-state index contributed by atoms with van der Waals surface area (Å²) in [6, 6.07) is 10.4. The zero-order chi connectivity index (χ0) is 19.5. The first-order valence-corrected chi connectivity index (χ1v) is 9.02. The standard InChI is InChI=1S/C17H17F3N2O3S/c1-11-7-8-13(9-14(11)16(23)21-10-17(18,19)20)26(24,25)22-15-6-4-3-5-12(15)2/h3-9,22H,10H2,1-2H3,(H,21,23). The molecule has 0 heterocycles. The second-order valence-corrected chi connectivity index (χ2v) is 7.38. The maximum Gasteiger partial charge on any atom is 0.405 e. The van der Waals surface area contributed by atoms with Gasteiger partial charge in [-0.05, 0) is 43.2 Å². The lowest BCUT2D eigenvalue weighted by atomic mass is 10.1. The van der Waals surface area contributed by atoms with E-state index in [-0.39, 0.29) is 10.5 Å². The Balaban J connectivity index is 2.30. The molecule has 0 saturated carbocycles. The number of halogens is 3. The second kappa shape index (κ2) is 7.36. The number of para-hydroxylation sites is 1. The normalized spacial score (nSPS) is 11.9. The fraction of sp³-hybridized carbons (Fsp3) is 0.235. The van der Waals surface area contributed by atoms with Crippen LogP contribution in [0.4, 0.5) is 18.9 Å². The zero-order valence-corrected chi connectivity index (χ0v) is 14.8. The number of rotatable bonds is 5. The number of anilines is 1. The lowest BCUT2D eigenvalue weighted by Crippen LogP contribution is -2.34. The summed E-state index contributed by atoms with van der Waals surface area (Å²) in [6.07, 6.45) is -4.56. The van der Waals surface area contributed by atoms with Crippen molar-refractivity contribution in [3.8, 4) is 0 Å². The van der Waals surface area contributed by atoms with E-state index in [0.717, 1.165) is 6.07 Å². The van der Waals surface area contributed by atoms with Crippen molar-refractivity contribution in [3.63, 3.8) is 0 Å². The Hall–Kier alpha value is -2.55. The molecule has 9 heteroatoms. The van der Waals surface area contributed by atoms with E-state index in [2.05, 4.69) is 4.72 Å². The predicted octanol–water partition coefficient (Wildman–Crippen LogP) is 3.40. The molecule has 2 N–H and O–H groups in total. The van der Waals surface area contributed by atoms with E-state index in [1.807, 2.05) is 0 Å². The summed E-state index contributed by atoms with van der Waals surface area (Å²) >= 11 is 0. The van der Waals surface area contributed by atoms with Gasteiger partial charge in [-0.2, -0.15) is 13.2 Å². The average Bonchev–Trinajstić information content (AvgIpc) is 2.54. The number of sulfonamides is 1. The largest absolute Gasteiger partial charge is 0.405 e. The number of carbonyl (C=O) groups excluding carboxylic acids is 1. The van der Waals surface area contributed by atoms with Gasteiger partial charge in [0.1, 0.15) is 6.54 Å². The average molecular weight is 386 g/mol. The van der Waals surface area contributed by atoms with E-state index >= 15 is 0 Å². The Morgan fingerprint density at radius 1 is 1.04 bits per heavy atom. The summed E-state index contributed by atoms with van der Waals surface area (Å²) < 4.78 is 64.3. The summed E-state index contributed by atoms with van der Waals surface area (Å²) in [7, 11) is -4.00. The Morgan fingerprint density at radius 3 is 2.31 bits per heavy atom. The lowest BCUT2D eigenvalue weighted by Gasteiger charge is -2.13. The molecule has 26 heavy (non-hydrogen) atoms. The molecule has 2 rings (SSSR count). The highest BCUT2D eigenvalue weighted by Crippen LogP contribution is 2.22. The van der Waals surface area contributed by atoms with Crippen LogP contribution in [0, 0.1) is 13.8 Å². The van der Waals surface area contributed by atoms with Crippen molar-refractivity contribution in [1.29, 1.82) is 0 Å². The van der Waals surface area contributed by atoms with Gasteiger partial charge in [-0.25, -0.2) is 8.42 Å². The van der Waals surface area contributed by atoms with Gasteiger partial charge in [0.15, 0.2) is 0 Å². The molecule has 0 aliphatic heterocycles. The fourth-order valence-electron chi connectivity index (χ4n) is 2.18. The number of aryl methyl sites for hydroxylation is 2. The van der Waals surface area contributed by atoms with E-state index in [4.69, 9.17) is 0 Å². The van der Waals surface area contributed by atoms with Crippen LogP contribution in [-0.4, -0.2) is 27.0 Å². The van der Waals surface area contributed by atoms with Crippen molar-refractivity contribution >= 4 is 21.6 Å². The van der Waals surface area contributed by atoms with Crippen LogP contribution < -0.4 is 10.0 Å². The third-order valence-corrected chi connectivity index (χ3v) is 4.97. The highest BCUT2D eigenvalue weighted by atomic mass is 32.2. The van der Waals surface area contributed by atoms with Crippen LogP contribution in [-0.2, 0) is 10.0 Å². The van der Waals surface area contributed by atoms with E-state index in [0.29, 0.717) is 16.8 Å². The van der Waals surface area contributed by atoms with Gasteiger partial charge in [0.2, 0.25) is 0 Å². The third-order valence-electron chi connectivity index (χ3n) is 3.60. The molecule has 0 bridgehead atoms. The molecule has 5 nitrogen and oxygen atoms in total. The Kier molecular flexibility index (Phi) is 5.60. The smallest absolute Gasteiger partial charge is 0.343 e. The van der Waals surface area contributed by atoms with Crippen LogP contribution in [0.15, 0.2) is 47.4 Å². The summed E-state index contributed by atoms with van der Waals surface area (Å²) in [5, 5.41) is 1.74. The fourth-order valence-corrected chi connectivity index (χ4v) is 3.34. The minimum atomic E-state index is -4.56. The van der Waals surface area contributed by atoms with Crippen molar-refractivity contribution in [2.45, 2.75) is 24.9 Å². The van der Waals surface area contributed by atoms with Crippen molar-refractivity contribution in [2.75, 3.05) is 11.3 Å². The molecule has 140 valence electrons. The van der Waals surface area contributed by atoms with Gasteiger partial charge in [-0.15, -0.1) is 0 Å². The number of nitrogens with one attached hydrogen (secondary N) is 2. The van der Waals surface area contributed by atoms with Crippen molar-refractivity contribution in [3.05, 3.63) is 59.2 Å². The van der Waals surface area contributed by atoms with E-state index in [1.165, 1.54) is 19.1 Å². The van der Waals surface area contributed by atoms with Crippen LogP contribution in [0.3, 0.4) is 0 Å². The second-order valence-electron chi connectivity index (χ2n) is 5.70. The number of benzene rings is 2. The first kappa shape index (κ1) is 19.8. The van der Waals surface area contributed by atoms with Crippen molar-refractivity contribution < 1.29 is 26.4 Å². The molecule has 1 amide bonds. The first-order chi connectivity index (χ1) is 12.0. The van der Waals surface area contributed by atoms with E-state index in [9.17, 15) is 26.4 Å². The molecular formula is C17H17F3N2O3S. The van der Waals surface area contributed by atoms with Crippen molar-refractivity contribution in [2.24, 2.45) is 0 Å². The molecule has 0 unspecified atom stereocenters. The molecule has 0 spiro atoms. The Morgan fingerprint density at radius 2 is 1.69 bits per heavy atom. The van der Waals surface area contributed by atoms with Gasteiger partial charge < -0.3 is 5.32 Å². The summed E-state index contributed by atoms with van der Waals surface area (Å²) in [6.45, 7) is 1.74. The van der Waals surface area contributed by atoms with Gasteiger partial charge in [0, 0.05) is 5.56 Å². The number of hydrogen-bond acceptors (Lipinski definition) is 3. The molecule has 2 aromatic rings. The van der Waals surface area contributed by atoms with Gasteiger partial charge >= 0.3 is 6.18 Å². The maximum atomic E-state index is 12.5. The molecule has 0 aliphatic carbocycles. The van der Waals surface area contributed by atoms with Crippen LogP contribution in [0.25, 0.3) is 0 Å². The summed E-state index contributed by atoms with van der Waals surface area (Å²) in [5.74, 6) is -0.993. The maximum absolute atomic E-state index is 12.5.